The maximum Gasteiger partial charge on any atom is 0.255 e. The number of carbonyl (C=O) groups is 2. The highest BCUT2D eigenvalue weighted by Gasteiger charge is 2.22. The van der Waals surface area contributed by atoms with Gasteiger partial charge in [-0.15, -0.1) is 0 Å². The van der Waals surface area contributed by atoms with Crippen LogP contribution in [0.3, 0.4) is 0 Å². The number of hydrogen-bond acceptors (Lipinski definition) is 4. The zero-order valence-electron chi connectivity index (χ0n) is 21.3. The van der Waals surface area contributed by atoms with E-state index in [1.165, 1.54) is 18.1 Å². The summed E-state index contributed by atoms with van der Waals surface area (Å²) in [6, 6.07) is 23.5. The van der Waals surface area contributed by atoms with E-state index in [1.54, 1.807) is 0 Å². The standard InChI is InChI=1S/C30H35N3O3/c1-21(2)36-29-14-11-26(19-28(29)32-30(35)25-7-5-4-6-8-25)24-15-17-33(18-16-24)20-23-9-12-27(13-10-23)31-22(3)34/h4-14,19,21,24H,15-18,20H2,1-3H3,(H,31,34)(H,32,35). The fraction of sp³-hybridized carbons (Fsp3) is 0.333. The Kier molecular flexibility index (Phi) is 8.39. The highest BCUT2D eigenvalue weighted by atomic mass is 16.5. The number of ether oxygens (including phenoxy) is 1. The maximum atomic E-state index is 12.8. The third-order valence-electron chi connectivity index (χ3n) is 6.39. The predicted octanol–water partition coefficient (Wildman–Crippen LogP) is 6.06. The zero-order valence-corrected chi connectivity index (χ0v) is 21.3. The van der Waals surface area contributed by atoms with Crippen LogP contribution in [0.15, 0.2) is 72.8 Å². The van der Waals surface area contributed by atoms with Crippen molar-refractivity contribution in [2.24, 2.45) is 0 Å². The topological polar surface area (TPSA) is 70.7 Å². The van der Waals surface area contributed by atoms with Gasteiger partial charge in [0.25, 0.3) is 5.91 Å². The molecule has 0 unspecified atom stereocenters. The highest BCUT2D eigenvalue weighted by molar-refractivity contribution is 6.05. The first-order valence-electron chi connectivity index (χ1n) is 12.6. The van der Waals surface area contributed by atoms with E-state index in [4.69, 9.17) is 4.74 Å². The molecule has 36 heavy (non-hydrogen) atoms. The number of likely N-dealkylation sites (tertiary alicyclic amines) is 1. The number of piperidine rings is 1. The van der Waals surface area contributed by atoms with Gasteiger partial charge in [-0.1, -0.05) is 36.4 Å². The van der Waals surface area contributed by atoms with Crippen molar-refractivity contribution in [3.8, 4) is 5.75 Å². The molecular weight excluding hydrogens is 450 g/mol. The molecule has 0 radical (unpaired) electrons. The van der Waals surface area contributed by atoms with Gasteiger partial charge in [-0.2, -0.15) is 0 Å². The Morgan fingerprint density at radius 3 is 2.28 bits per heavy atom. The van der Waals surface area contributed by atoms with Crippen molar-refractivity contribution >= 4 is 23.2 Å². The lowest BCUT2D eigenvalue weighted by Gasteiger charge is -2.32. The van der Waals surface area contributed by atoms with E-state index in [-0.39, 0.29) is 17.9 Å². The van der Waals surface area contributed by atoms with Crippen molar-refractivity contribution in [2.75, 3.05) is 23.7 Å². The lowest BCUT2D eigenvalue weighted by Crippen LogP contribution is -2.32. The van der Waals surface area contributed by atoms with Gasteiger partial charge in [0.15, 0.2) is 0 Å². The first-order chi connectivity index (χ1) is 17.4. The quantitative estimate of drug-likeness (QED) is 0.407. The SMILES string of the molecule is CC(=O)Nc1ccc(CN2CCC(c3ccc(OC(C)C)c(NC(=O)c4ccccc4)c3)CC2)cc1. The fourth-order valence-electron chi connectivity index (χ4n) is 4.62. The van der Waals surface area contributed by atoms with Crippen LogP contribution in [0.4, 0.5) is 11.4 Å². The molecule has 0 saturated carbocycles. The first-order valence-corrected chi connectivity index (χ1v) is 12.6. The second kappa shape index (κ2) is 11.9. The van der Waals surface area contributed by atoms with Crippen LogP contribution in [-0.2, 0) is 11.3 Å². The Morgan fingerprint density at radius 1 is 0.944 bits per heavy atom. The summed E-state index contributed by atoms with van der Waals surface area (Å²) in [6.45, 7) is 8.40. The Morgan fingerprint density at radius 2 is 1.64 bits per heavy atom. The minimum atomic E-state index is -0.138. The number of carbonyl (C=O) groups excluding carboxylic acids is 2. The maximum absolute atomic E-state index is 12.8. The molecule has 1 saturated heterocycles. The van der Waals surface area contributed by atoms with Crippen LogP contribution < -0.4 is 15.4 Å². The lowest BCUT2D eigenvalue weighted by molar-refractivity contribution is -0.114. The highest BCUT2D eigenvalue weighted by Crippen LogP contribution is 2.35. The molecule has 3 aromatic rings. The lowest BCUT2D eigenvalue weighted by atomic mass is 9.89. The number of nitrogens with one attached hydrogen (secondary N) is 2. The molecule has 0 atom stereocenters. The summed E-state index contributed by atoms with van der Waals surface area (Å²) < 4.78 is 5.99. The predicted molar refractivity (Wildman–Crippen MR) is 145 cm³/mol. The van der Waals surface area contributed by atoms with Gasteiger partial charge < -0.3 is 15.4 Å². The van der Waals surface area contributed by atoms with Crippen molar-refractivity contribution in [3.05, 3.63) is 89.5 Å². The number of anilines is 2. The first kappa shape index (κ1) is 25.5. The van der Waals surface area contributed by atoms with Crippen molar-refractivity contribution in [2.45, 2.75) is 52.2 Å². The molecule has 0 bridgehead atoms. The van der Waals surface area contributed by atoms with E-state index in [0.717, 1.165) is 43.9 Å². The normalized spacial score (nSPS) is 14.4. The molecule has 6 heteroatoms. The monoisotopic (exact) mass is 485 g/mol. The van der Waals surface area contributed by atoms with Crippen LogP contribution in [0.1, 0.15) is 61.0 Å². The van der Waals surface area contributed by atoms with Gasteiger partial charge in [-0.05, 0) is 93.2 Å². The van der Waals surface area contributed by atoms with Crippen LogP contribution in [0.2, 0.25) is 0 Å². The molecule has 1 fully saturated rings. The molecule has 6 nitrogen and oxygen atoms in total. The summed E-state index contributed by atoms with van der Waals surface area (Å²) >= 11 is 0. The third-order valence-corrected chi connectivity index (χ3v) is 6.39. The number of benzene rings is 3. The van der Waals surface area contributed by atoms with Crippen molar-refractivity contribution in [3.63, 3.8) is 0 Å². The summed E-state index contributed by atoms with van der Waals surface area (Å²) in [5.41, 5.74) is 4.64. The van der Waals surface area contributed by atoms with Crippen LogP contribution in [0.25, 0.3) is 0 Å². The number of amides is 2. The van der Waals surface area contributed by atoms with E-state index in [1.807, 2.05) is 62.4 Å². The minimum Gasteiger partial charge on any atom is -0.489 e. The van der Waals surface area contributed by atoms with Crippen molar-refractivity contribution in [1.82, 2.24) is 4.90 Å². The van der Waals surface area contributed by atoms with Gasteiger partial charge in [0.1, 0.15) is 5.75 Å². The van der Waals surface area contributed by atoms with E-state index >= 15 is 0 Å². The van der Waals surface area contributed by atoms with Gasteiger partial charge in [-0.25, -0.2) is 0 Å². The van der Waals surface area contributed by atoms with Gasteiger partial charge in [0.2, 0.25) is 5.91 Å². The third kappa shape index (κ3) is 6.95. The fourth-order valence-corrected chi connectivity index (χ4v) is 4.62. The molecule has 0 aromatic heterocycles. The Labute approximate surface area is 213 Å². The summed E-state index contributed by atoms with van der Waals surface area (Å²) in [6.07, 6.45) is 2.12. The van der Waals surface area contributed by atoms with Crippen LogP contribution >= 0.6 is 0 Å². The second-order valence-electron chi connectivity index (χ2n) is 9.67. The largest absolute Gasteiger partial charge is 0.489 e. The van der Waals surface area contributed by atoms with E-state index in [2.05, 4.69) is 39.8 Å². The average Bonchev–Trinajstić information content (AvgIpc) is 2.87. The molecular formula is C30H35N3O3. The summed E-state index contributed by atoms with van der Waals surface area (Å²) in [5, 5.41) is 5.88. The Hall–Kier alpha value is -3.64. The molecule has 0 spiro atoms. The average molecular weight is 486 g/mol. The Bertz CT molecular complexity index is 1170. The molecule has 1 aliphatic rings. The van der Waals surface area contributed by atoms with Gasteiger partial charge >= 0.3 is 0 Å². The molecule has 1 heterocycles. The summed E-state index contributed by atoms with van der Waals surface area (Å²) in [7, 11) is 0. The van der Waals surface area contributed by atoms with Crippen LogP contribution in [-0.4, -0.2) is 35.9 Å². The van der Waals surface area contributed by atoms with Gasteiger partial charge in [0.05, 0.1) is 11.8 Å². The molecule has 3 aromatic carbocycles. The van der Waals surface area contributed by atoms with Crippen molar-refractivity contribution in [1.29, 1.82) is 0 Å². The van der Waals surface area contributed by atoms with E-state index in [0.29, 0.717) is 17.2 Å². The van der Waals surface area contributed by atoms with E-state index in [9.17, 15) is 9.59 Å². The summed E-state index contributed by atoms with van der Waals surface area (Å²) in [5.74, 6) is 0.930. The molecule has 4 rings (SSSR count). The summed E-state index contributed by atoms with van der Waals surface area (Å²) in [4.78, 5) is 26.5. The zero-order chi connectivity index (χ0) is 25.5. The molecule has 2 N–H and O–H groups in total. The smallest absolute Gasteiger partial charge is 0.255 e. The Balaban J connectivity index is 1.40. The number of nitrogens with zero attached hydrogens (tertiary/aromatic N) is 1. The van der Waals surface area contributed by atoms with Crippen LogP contribution in [0, 0.1) is 0 Å². The molecule has 2 amide bonds. The van der Waals surface area contributed by atoms with Gasteiger partial charge in [0, 0.05) is 24.7 Å². The number of hydrogen-bond donors (Lipinski definition) is 2. The van der Waals surface area contributed by atoms with E-state index < -0.39 is 0 Å². The van der Waals surface area contributed by atoms with Gasteiger partial charge in [-0.3, -0.25) is 14.5 Å². The number of rotatable bonds is 8. The minimum absolute atomic E-state index is 0.0128. The molecule has 0 aliphatic carbocycles. The molecule has 188 valence electrons. The van der Waals surface area contributed by atoms with Crippen molar-refractivity contribution < 1.29 is 14.3 Å². The second-order valence-corrected chi connectivity index (χ2v) is 9.67. The molecule has 1 aliphatic heterocycles. The van der Waals surface area contributed by atoms with Crippen LogP contribution in [0.5, 0.6) is 5.75 Å².